The highest BCUT2D eigenvalue weighted by Gasteiger charge is 2.06. The van der Waals surface area contributed by atoms with Crippen LogP contribution in [0.3, 0.4) is 0 Å². The second-order valence-corrected chi connectivity index (χ2v) is 6.95. The van der Waals surface area contributed by atoms with Crippen LogP contribution in [0.5, 0.6) is 0 Å². The van der Waals surface area contributed by atoms with Crippen LogP contribution in [-0.4, -0.2) is 23.7 Å². The third-order valence-corrected chi connectivity index (χ3v) is 4.47. The summed E-state index contributed by atoms with van der Waals surface area (Å²) in [6.07, 6.45) is 0. The average molecular weight is 357 g/mol. The summed E-state index contributed by atoms with van der Waals surface area (Å²) in [4.78, 5) is 24.8. The zero-order valence-corrected chi connectivity index (χ0v) is 15.4. The molecule has 0 saturated carbocycles. The molecule has 3 amide bonds. The molecule has 6 heteroatoms. The predicted molar refractivity (Wildman–Crippen MR) is 104 cm³/mol. The number of hydrogen-bond acceptors (Lipinski definition) is 3. The van der Waals surface area contributed by atoms with E-state index >= 15 is 0 Å². The van der Waals surface area contributed by atoms with Gasteiger partial charge in [0.2, 0.25) is 5.91 Å². The van der Waals surface area contributed by atoms with Crippen LogP contribution in [0.4, 0.5) is 16.2 Å². The first-order valence-corrected chi connectivity index (χ1v) is 9.08. The van der Waals surface area contributed by atoms with Gasteiger partial charge in [0.15, 0.2) is 0 Å². The molecule has 0 aliphatic rings. The van der Waals surface area contributed by atoms with Crippen molar-refractivity contribution in [3.05, 3.63) is 54.1 Å². The lowest BCUT2D eigenvalue weighted by Gasteiger charge is -2.11. The molecule has 0 aliphatic heterocycles. The number of nitrogens with one attached hydrogen (secondary N) is 3. The molecule has 2 rings (SSSR count). The van der Waals surface area contributed by atoms with Gasteiger partial charge in [0.05, 0.1) is 5.75 Å². The van der Waals surface area contributed by atoms with Crippen molar-refractivity contribution in [2.24, 2.45) is 0 Å². The molecule has 2 aromatic rings. The van der Waals surface area contributed by atoms with E-state index in [0.717, 1.165) is 10.5 Å². The van der Waals surface area contributed by atoms with Gasteiger partial charge in [-0.3, -0.25) is 4.79 Å². The third-order valence-electron chi connectivity index (χ3n) is 3.30. The number of benzene rings is 2. The molecule has 0 saturated heterocycles. The summed E-state index contributed by atoms with van der Waals surface area (Å²) >= 11 is 1.51. The van der Waals surface area contributed by atoms with E-state index in [1.54, 1.807) is 24.3 Å². The molecule has 3 N–H and O–H groups in total. The summed E-state index contributed by atoms with van der Waals surface area (Å²) in [5, 5.41) is 8.35. The first-order chi connectivity index (χ1) is 11.9. The average Bonchev–Trinajstić information content (AvgIpc) is 2.55. The Morgan fingerprint density at radius 1 is 0.960 bits per heavy atom. The molecular formula is C19H23N3O2S. The van der Waals surface area contributed by atoms with Crippen molar-refractivity contribution in [2.75, 3.05) is 16.4 Å². The van der Waals surface area contributed by atoms with Crippen molar-refractivity contribution >= 4 is 35.1 Å². The Balaban J connectivity index is 1.83. The van der Waals surface area contributed by atoms with E-state index < -0.39 is 0 Å². The van der Waals surface area contributed by atoms with Crippen molar-refractivity contribution in [2.45, 2.75) is 31.7 Å². The molecule has 0 unspecified atom stereocenters. The first-order valence-electron chi connectivity index (χ1n) is 8.10. The van der Waals surface area contributed by atoms with E-state index in [4.69, 9.17) is 0 Å². The summed E-state index contributed by atoms with van der Waals surface area (Å²) in [5.74, 6) is 0.285. The molecule has 5 nitrogen and oxygen atoms in total. The number of anilines is 2. The molecule has 0 aliphatic carbocycles. The minimum absolute atomic E-state index is 0.0634. The highest BCUT2D eigenvalue weighted by molar-refractivity contribution is 8.00. The van der Waals surface area contributed by atoms with Crippen LogP contribution in [0.2, 0.25) is 0 Å². The van der Waals surface area contributed by atoms with E-state index in [2.05, 4.69) is 16.0 Å². The van der Waals surface area contributed by atoms with Gasteiger partial charge in [-0.1, -0.05) is 18.2 Å². The normalized spacial score (nSPS) is 10.4. The van der Waals surface area contributed by atoms with Crippen LogP contribution >= 0.6 is 11.8 Å². The van der Waals surface area contributed by atoms with Gasteiger partial charge in [0.1, 0.15) is 0 Å². The number of carbonyl (C=O) groups excluding carboxylic acids is 2. The highest BCUT2D eigenvalue weighted by atomic mass is 32.2. The van der Waals surface area contributed by atoms with Crippen molar-refractivity contribution in [3.8, 4) is 0 Å². The molecular weight excluding hydrogens is 334 g/mol. The fraction of sp³-hybridized carbons (Fsp3) is 0.263. The molecule has 0 heterocycles. The summed E-state index contributed by atoms with van der Waals surface area (Å²) < 4.78 is 0. The number of rotatable bonds is 6. The van der Waals surface area contributed by atoms with Gasteiger partial charge in [-0.2, -0.15) is 0 Å². The summed E-state index contributed by atoms with van der Waals surface area (Å²) in [7, 11) is 0. The zero-order valence-electron chi connectivity index (χ0n) is 14.6. The van der Waals surface area contributed by atoms with E-state index in [0.29, 0.717) is 17.1 Å². The smallest absolute Gasteiger partial charge is 0.319 e. The van der Waals surface area contributed by atoms with E-state index in [-0.39, 0.29) is 18.0 Å². The number of aryl methyl sites for hydroxylation is 1. The van der Waals surface area contributed by atoms with Crippen LogP contribution < -0.4 is 16.0 Å². The maximum atomic E-state index is 12.1. The lowest BCUT2D eigenvalue weighted by Crippen LogP contribution is -2.34. The topological polar surface area (TPSA) is 70.2 Å². The van der Waals surface area contributed by atoms with E-state index in [1.807, 2.05) is 45.0 Å². The van der Waals surface area contributed by atoms with Crippen molar-refractivity contribution in [3.63, 3.8) is 0 Å². The monoisotopic (exact) mass is 357 g/mol. The Morgan fingerprint density at radius 3 is 2.16 bits per heavy atom. The SMILES string of the molecule is Cc1ccccc1SCC(=O)Nc1ccc(NC(=O)NC(C)C)cc1. The Kier molecular flexibility index (Phi) is 6.89. The third kappa shape index (κ3) is 6.51. The van der Waals surface area contributed by atoms with E-state index in [1.165, 1.54) is 11.8 Å². The standard InChI is InChI=1S/C19H23N3O2S/c1-13(2)20-19(24)22-16-10-8-15(9-11-16)21-18(23)12-25-17-7-5-4-6-14(17)3/h4-11,13H,12H2,1-3H3,(H,21,23)(H2,20,22,24). The predicted octanol–water partition coefficient (Wildman–Crippen LogP) is 4.26. The maximum absolute atomic E-state index is 12.1. The van der Waals surface area contributed by atoms with Crippen LogP contribution in [0.15, 0.2) is 53.4 Å². The van der Waals surface area contributed by atoms with Gasteiger partial charge in [0, 0.05) is 22.3 Å². The Bertz CT molecular complexity index is 730. The molecule has 0 atom stereocenters. The Morgan fingerprint density at radius 2 is 1.56 bits per heavy atom. The van der Waals surface area contributed by atoms with Crippen LogP contribution in [0.1, 0.15) is 19.4 Å². The Labute approximate surface area is 152 Å². The Hall–Kier alpha value is -2.47. The fourth-order valence-electron chi connectivity index (χ4n) is 2.13. The van der Waals surface area contributed by atoms with Gasteiger partial charge >= 0.3 is 6.03 Å². The number of carbonyl (C=O) groups is 2. The van der Waals surface area contributed by atoms with Crippen molar-refractivity contribution in [1.82, 2.24) is 5.32 Å². The number of thioether (sulfide) groups is 1. The summed E-state index contributed by atoms with van der Waals surface area (Å²) in [6, 6.07) is 14.9. The maximum Gasteiger partial charge on any atom is 0.319 e. The van der Waals surface area contributed by atoms with Crippen molar-refractivity contribution in [1.29, 1.82) is 0 Å². The lowest BCUT2D eigenvalue weighted by molar-refractivity contribution is -0.113. The molecule has 0 fully saturated rings. The second-order valence-electron chi connectivity index (χ2n) is 5.93. The van der Waals surface area contributed by atoms with Gasteiger partial charge in [-0.25, -0.2) is 4.79 Å². The lowest BCUT2D eigenvalue weighted by atomic mass is 10.2. The van der Waals surface area contributed by atoms with Gasteiger partial charge in [-0.05, 0) is 56.7 Å². The minimum atomic E-state index is -0.249. The number of urea groups is 1. The second kappa shape index (κ2) is 9.13. The quantitative estimate of drug-likeness (QED) is 0.677. The number of amides is 3. The number of hydrogen-bond donors (Lipinski definition) is 3. The highest BCUT2D eigenvalue weighted by Crippen LogP contribution is 2.22. The molecule has 25 heavy (non-hydrogen) atoms. The molecule has 0 radical (unpaired) electrons. The zero-order chi connectivity index (χ0) is 18.2. The van der Waals surface area contributed by atoms with Gasteiger partial charge in [0.25, 0.3) is 0 Å². The van der Waals surface area contributed by atoms with Crippen molar-refractivity contribution < 1.29 is 9.59 Å². The first kappa shape index (κ1) is 18.9. The van der Waals surface area contributed by atoms with E-state index in [9.17, 15) is 9.59 Å². The largest absolute Gasteiger partial charge is 0.336 e. The molecule has 2 aromatic carbocycles. The molecule has 0 aromatic heterocycles. The fourth-order valence-corrected chi connectivity index (χ4v) is 2.95. The molecule has 0 spiro atoms. The summed E-state index contributed by atoms with van der Waals surface area (Å²) in [5.41, 5.74) is 2.53. The van der Waals surface area contributed by atoms with Gasteiger partial charge in [-0.15, -0.1) is 11.8 Å². The van der Waals surface area contributed by atoms with Crippen LogP contribution in [0.25, 0.3) is 0 Å². The molecule has 132 valence electrons. The van der Waals surface area contributed by atoms with Crippen LogP contribution in [-0.2, 0) is 4.79 Å². The summed E-state index contributed by atoms with van der Waals surface area (Å²) in [6.45, 7) is 5.82. The molecule has 0 bridgehead atoms. The van der Waals surface area contributed by atoms with Crippen LogP contribution in [0, 0.1) is 6.92 Å². The minimum Gasteiger partial charge on any atom is -0.336 e. The van der Waals surface area contributed by atoms with Gasteiger partial charge < -0.3 is 16.0 Å².